The van der Waals surface area contributed by atoms with Gasteiger partial charge in [0.1, 0.15) is 10.4 Å². The van der Waals surface area contributed by atoms with Crippen LogP contribution in [0.25, 0.3) is 0 Å². The van der Waals surface area contributed by atoms with Crippen LogP contribution >= 0.6 is 11.5 Å². The second-order valence-electron chi connectivity index (χ2n) is 3.38. The number of rotatable bonds is 2. The Morgan fingerprint density at radius 3 is 2.71 bits per heavy atom. The van der Waals surface area contributed by atoms with Crippen LogP contribution in [0, 0.1) is 18.3 Å². The summed E-state index contributed by atoms with van der Waals surface area (Å²) in [5, 5.41) is 15.0. The fourth-order valence-electron chi connectivity index (χ4n) is 0.808. The van der Waals surface area contributed by atoms with Gasteiger partial charge in [0, 0.05) is 0 Å². The highest BCUT2D eigenvalue weighted by Crippen LogP contribution is 2.10. The Balaban J connectivity index is 2.80. The van der Waals surface area contributed by atoms with E-state index in [0.29, 0.717) is 10.6 Å². The SMILES string of the molecule is Cc1nnsc1C(=O)NC(C)(C)C#N. The third kappa shape index (κ3) is 2.26. The van der Waals surface area contributed by atoms with Crippen molar-refractivity contribution in [1.29, 1.82) is 5.26 Å². The summed E-state index contributed by atoms with van der Waals surface area (Å²) in [6, 6.07) is 1.99. The van der Waals surface area contributed by atoms with E-state index in [4.69, 9.17) is 5.26 Å². The summed E-state index contributed by atoms with van der Waals surface area (Å²) in [5.74, 6) is -0.302. The first-order valence-electron chi connectivity index (χ1n) is 3.99. The van der Waals surface area contributed by atoms with E-state index in [-0.39, 0.29) is 5.91 Å². The number of nitrogens with one attached hydrogen (secondary N) is 1. The van der Waals surface area contributed by atoms with Crippen LogP contribution in [0.1, 0.15) is 29.2 Å². The molecule has 0 aliphatic rings. The van der Waals surface area contributed by atoms with Crippen molar-refractivity contribution >= 4 is 17.4 Å². The Labute approximate surface area is 85.9 Å². The van der Waals surface area contributed by atoms with Crippen LogP contribution in [0.3, 0.4) is 0 Å². The molecule has 0 saturated carbocycles. The topological polar surface area (TPSA) is 78.7 Å². The van der Waals surface area contributed by atoms with Gasteiger partial charge in [0.25, 0.3) is 5.91 Å². The summed E-state index contributed by atoms with van der Waals surface area (Å²) < 4.78 is 3.65. The molecule has 0 saturated heterocycles. The van der Waals surface area contributed by atoms with E-state index < -0.39 is 5.54 Å². The van der Waals surface area contributed by atoms with E-state index in [0.717, 1.165) is 11.5 Å². The molecule has 0 unspecified atom stereocenters. The monoisotopic (exact) mass is 210 g/mol. The zero-order valence-electron chi connectivity index (χ0n) is 8.16. The Kier molecular flexibility index (Phi) is 2.81. The Morgan fingerprint density at radius 2 is 2.29 bits per heavy atom. The Morgan fingerprint density at radius 1 is 1.64 bits per heavy atom. The second kappa shape index (κ2) is 3.72. The summed E-state index contributed by atoms with van der Waals surface area (Å²) in [6.45, 7) is 4.97. The van der Waals surface area contributed by atoms with Gasteiger partial charge in [-0.05, 0) is 32.3 Å². The Hall–Kier alpha value is -1.48. The highest BCUT2D eigenvalue weighted by atomic mass is 32.1. The van der Waals surface area contributed by atoms with Crippen molar-refractivity contribution < 1.29 is 4.79 Å². The molecule has 1 aromatic heterocycles. The number of amides is 1. The zero-order chi connectivity index (χ0) is 10.8. The standard InChI is InChI=1S/C8H10N4OS/c1-5-6(14-12-11-5)7(13)10-8(2,3)4-9/h1-3H3,(H,10,13). The van der Waals surface area contributed by atoms with E-state index in [1.165, 1.54) is 0 Å². The predicted octanol–water partition coefficient (Wildman–Crippen LogP) is 0.878. The lowest BCUT2D eigenvalue weighted by Crippen LogP contribution is -2.42. The molecule has 1 rings (SSSR count). The van der Waals surface area contributed by atoms with E-state index in [2.05, 4.69) is 14.9 Å². The minimum absolute atomic E-state index is 0.302. The molecule has 0 aromatic carbocycles. The number of hydrogen-bond acceptors (Lipinski definition) is 5. The average molecular weight is 210 g/mol. The number of aromatic nitrogens is 2. The van der Waals surface area contributed by atoms with Crippen LogP contribution in [-0.4, -0.2) is 21.0 Å². The molecule has 0 fully saturated rings. The van der Waals surface area contributed by atoms with Gasteiger partial charge < -0.3 is 5.32 Å². The van der Waals surface area contributed by atoms with Crippen molar-refractivity contribution in [2.24, 2.45) is 0 Å². The van der Waals surface area contributed by atoms with Gasteiger partial charge in [-0.15, -0.1) is 5.10 Å². The zero-order valence-corrected chi connectivity index (χ0v) is 8.97. The van der Waals surface area contributed by atoms with Crippen LogP contribution in [0.4, 0.5) is 0 Å². The molecule has 74 valence electrons. The van der Waals surface area contributed by atoms with E-state index >= 15 is 0 Å². The summed E-state index contributed by atoms with van der Waals surface area (Å²) in [7, 11) is 0. The van der Waals surface area contributed by atoms with E-state index in [1.807, 2.05) is 6.07 Å². The molecular formula is C8H10N4OS. The summed E-state index contributed by atoms with van der Waals surface area (Å²) in [4.78, 5) is 12.0. The molecule has 14 heavy (non-hydrogen) atoms. The summed E-state index contributed by atoms with van der Waals surface area (Å²) in [5.41, 5.74) is -0.283. The van der Waals surface area contributed by atoms with Crippen molar-refractivity contribution in [3.8, 4) is 6.07 Å². The highest BCUT2D eigenvalue weighted by molar-refractivity contribution is 7.08. The Bertz CT molecular complexity index is 390. The lowest BCUT2D eigenvalue weighted by Gasteiger charge is -2.16. The number of nitrogens with zero attached hydrogens (tertiary/aromatic N) is 3. The van der Waals surface area contributed by atoms with Gasteiger partial charge in [-0.25, -0.2) is 0 Å². The van der Waals surface area contributed by atoms with Crippen LogP contribution < -0.4 is 5.32 Å². The number of hydrogen-bond donors (Lipinski definition) is 1. The second-order valence-corrected chi connectivity index (χ2v) is 4.13. The van der Waals surface area contributed by atoms with Crippen LogP contribution in [-0.2, 0) is 0 Å². The van der Waals surface area contributed by atoms with Crippen molar-refractivity contribution in [2.45, 2.75) is 26.3 Å². The molecule has 1 aromatic rings. The fraction of sp³-hybridized carbons (Fsp3) is 0.500. The lowest BCUT2D eigenvalue weighted by molar-refractivity contribution is 0.0932. The van der Waals surface area contributed by atoms with Crippen LogP contribution in [0.5, 0.6) is 0 Å². The molecule has 0 spiro atoms. The molecular weight excluding hydrogens is 200 g/mol. The van der Waals surface area contributed by atoms with Gasteiger partial charge in [0.15, 0.2) is 0 Å². The van der Waals surface area contributed by atoms with Gasteiger partial charge in [0.05, 0.1) is 11.8 Å². The maximum absolute atomic E-state index is 11.6. The van der Waals surface area contributed by atoms with Crippen molar-refractivity contribution in [3.05, 3.63) is 10.6 Å². The molecule has 1 N–H and O–H groups in total. The third-order valence-corrected chi connectivity index (χ3v) is 2.39. The van der Waals surface area contributed by atoms with Gasteiger partial charge >= 0.3 is 0 Å². The van der Waals surface area contributed by atoms with Gasteiger partial charge in [-0.2, -0.15) is 5.26 Å². The minimum Gasteiger partial charge on any atom is -0.333 e. The first kappa shape index (κ1) is 10.6. The van der Waals surface area contributed by atoms with Crippen molar-refractivity contribution in [2.75, 3.05) is 0 Å². The quantitative estimate of drug-likeness (QED) is 0.785. The predicted molar refractivity (Wildman–Crippen MR) is 51.8 cm³/mol. The van der Waals surface area contributed by atoms with Crippen LogP contribution in [0.15, 0.2) is 0 Å². The number of carbonyl (C=O) groups excluding carboxylic acids is 1. The fourth-order valence-corrected chi connectivity index (χ4v) is 1.36. The normalized spacial score (nSPS) is 10.7. The maximum atomic E-state index is 11.6. The third-order valence-electron chi connectivity index (χ3n) is 1.56. The molecule has 0 aliphatic heterocycles. The molecule has 5 nitrogen and oxygen atoms in total. The van der Waals surface area contributed by atoms with Gasteiger partial charge in [-0.3, -0.25) is 4.79 Å². The summed E-state index contributed by atoms with van der Waals surface area (Å²) in [6.07, 6.45) is 0. The van der Waals surface area contributed by atoms with Crippen molar-refractivity contribution in [3.63, 3.8) is 0 Å². The molecule has 6 heteroatoms. The molecule has 0 bridgehead atoms. The van der Waals surface area contributed by atoms with Gasteiger partial charge in [-0.1, -0.05) is 4.49 Å². The largest absolute Gasteiger partial charge is 0.333 e. The van der Waals surface area contributed by atoms with E-state index in [9.17, 15) is 4.79 Å². The number of nitriles is 1. The van der Waals surface area contributed by atoms with Gasteiger partial charge in [0.2, 0.25) is 0 Å². The minimum atomic E-state index is -0.868. The first-order chi connectivity index (χ1) is 6.46. The first-order valence-corrected chi connectivity index (χ1v) is 4.76. The molecule has 1 heterocycles. The number of carbonyl (C=O) groups is 1. The highest BCUT2D eigenvalue weighted by Gasteiger charge is 2.22. The smallest absolute Gasteiger partial charge is 0.266 e. The van der Waals surface area contributed by atoms with Crippen LogP contribution in [0.2, 0.25) is 0 Å². The maximum Gasteiger partial charge on any atom is 0.266 e. The average Bonchev–Trinajstić information content (AvgIpc) is 2.51. The lowest BCUT2D eigenvalue weighted by atomic mass is 10.1. The number of aryl methyl sites for hydroxylation is 1. The molecule has 1 amide bonds. The molecule has 0 aliphatic carbocycles. The molecule has 0 radical (unpaired) electrons. The summed E-state index contributed by atoms with van der Waals surface area (Å²) >= 11 is 1.03. The van der Waals surface area contributed by atoms with Crippen molar-refractivity contribution in [1.82, 2.24) is 14.9 Å². The molecule has 0 atom stereocenters. The van der Waals surface area contributed by atoms with E-state index in [1.54, 1.807) is 20.8 Å².